The van der Waals surface area contributed by atoms with Crippen LogP contribution in [0, 0.1) is 0 Å². The van der Waals surface area contributed by atoms with E-state index in [4.69, 9.17) is 27.1 Å². The lowest BCUT2D eigenvalue weighted by Gasteiger charge is -2.10. The van der Waals surface area contributed by atoms with Gasteiger partial charge in [-0.1, -0.05) is 5.04 Å². The highest BCUT2D eigenvalue weighted by atomic mass is 35.5. The number of sulfone groups is 1. The van der Waals surface area contributed by atoms with Crippen LogP contribution in [0.4, 0.5) is 29.0 Å². The second-order valence-electron chi connectivity index (χ2n) is 6.57. The van der Waals surface area contributed by atoms with Crippen LogP contribution in [0.2, 0.25) is 5.28 Å². The van der Waals surface area contributed by atoms with E-state index >= 15 is 0 Å². The summed E-state index contributed by atoms with van der Waals surface area (Å²) in [6, 6.07) is 10.2. The molecule has 0 radical (unpaired) electrons. The van der Waals surface area contributed by atoms with E-state index in [1.807, 2.05) is 0 Å². The Kier molecular flexibility index (Phi) is 9.22. The molecule has 0 amide bonds. The number of nitrogens with two attached hydrogens (primary N) is 1. The molecule has 19 heteroatoms. The van der Waals surface area contributed by atoms with Crippen LogP contribution in [0.1, 0.15) is 0 Å². The minimum absolute atomic E-state index is 0.0447. The largest absolute Gasteiger partial charge is 0.398 e. The summed E-state index contributed by atoms with van der Waals surface area (Å²) in [5.41, 5.74) is 7.13. The van der Waals surface area contributed by atoms with Crippen LogP contribution in [0.25, 0.3) is 0 Å². The molecule has 0 spiro atoms. The van der Waals surface area contributed by atoms with Gasteiger partial charge in [-0.05, 0) is 54.1 Å². The summed E-state index contributed by atoms with van der Waals surface area (Å²) >= 11 is 6.69. The summed E-state index contributed by atoms with van der Waals surface area (Å²) < 4.78 is 62.6. The number of anilines is 5. The fourth-order valence-corrected chi connectivity index (χ4v) is 4.62. The molecule has 0 saturated heterocycles. The second-order valence-corrected chi connectivity index (χ2v) is 10.9. The second kappa shape index (κ2) is 12.0. The summed E-state index contributed by atoms with van der Waals surface area (Å²) in [5.74, 6) is -0.544. The maximum absolute atomic E-state index is 12.3. The van der Waals surface area contributed by atoms with Crippen molar-refractivity contribution < 1.29 is 40.2 Å². The molecule has 3 rings (SSSR count). The molecule has 0 fully saturated rings. The molecule has 3 aromatic rings. The predicted octanol–water partition coefficient (Wildman–Crippen LogP) is 2.62. The van der Waals surface area contributed by atoms with Crippen LogP contribution in [0.3, 0.4) is 0 Å². The van der Waals surface area contributed by atoms with E-state index in [9.17, 15) is 16.8 Å². The van der Waals surface area contributed by atoms with Gasteiger partial charge in [0.05, 0.1) is 34.2 Å². The van der Waals surface area contributed by atoms with Crippen molar-refractivity contribution in [3.8, 4) is 0 Å². The number of benzene rings is 2. The summed E-state index contributed by atoms with van der Waals surface area (Å²) in [4.78, 5) is 12.5. The molecule has 0 bridgehead atoms. The summed E-state index contributed by atoms with van der Waals surface area (Å²) in [6.07, 6.45) is 0. The lowest BCUT2D eigenvalue weighted by atomic mass is 10.3. The summed E-state index contributed by atoms with van der Waals surface area (Å²) in [6.45, 7) is -0.738. The highest BCUT2D eigenvalue weighted by Crippen LogP contribution is 2.29. The average Bonchev–Trinajstić information content (AvgIpc) is 2.77. The molecule has 36 heavy (non-hydrogen) atoms. The Morgan fingerprint density at radius 1 is 0.972 bits per heavy atom. The first-order valence-electron chi connectivity index (χ1n) is 9.40. The van der Waals surface area contributed by atoms with Crippen molar-refractivity contribution in [2.45, 2.75) is 9.79 Å². The van der Waals surface area contributed by atoms with Crippen LogP contribution >= 0.6 is 23.6 Å². The Hall–Kier alpha value is -2.81. The Morgan fingerprint density at radius 3 is 2.17 bits per heavy atom. The van der Waals surface area contributed by atoms with Crippen molar-refractivity contribution in [1.82, 2.24) is 15.0 Å². The maximum atomic E-state index is 12.3. The zero-order valence-corrected chi connectivity index (χ0v) is 20.9. The lowest BCUT2D eigenvalue weighted by molar-refractivity contribution is -0.432. The molecular weight excluding hydrogens is 564 g/mol. The van der Waals surface area contributed by atoms with Gasteiger partial charge in [0.25, 0.3) is 0 Å². The van der Waals surface area contributed by atoms with Gasteiger partial charge in [-0.15, -0.1) is 4.33 Å². The topological polar surface area (TPSA) is 225 Å². The lowest BCUT2D eigenvalue weighted by Crippen LogP contribution is -2.15. The van der Waals surface area contributed by atoms with Gasteiger partial charge in [0.2, 0.25) is 17.2 Å². The van der Waals surface area contributed by atoms with E-state index in [-0.39, 0.29) is 22.1 Å². The van der Waals surface area contributed by atoms with Gasteiger partial charge in [-0.3, -0.25) is 4.55 Å². The summed E-state index contributed by atoms with van der Waals surface area (Å²) in [7, 11) is -8.61. The zero-order valence-electron chi connectivity index (χ0n) is 17.7. The number of hydrogen-bond acceptors (Lipinski definition) is 15. The molecule has 0 saturated carbocycles. The Labute approximate surface area is 213 Å². The molecule has 2 aromatic carbocycles. The maximum Gasteiger partial charge on any atom is 0.397 e. The van der Waals surface area contributed by atoms with Gasteiger partial charge in [-0.25, -0.2) is 17.9 Å². The molecule has 15 nitrogen and oxygen atoms in total. The van der Waals surface area contributed by atoms with Crippen molar-refractivity contribution >= 4 is 72.8 Å². The third-order valence-electron chi connectivity index (χ3n) is 4.08. The molecule has 194 valence electrons. The van der Waals surface area contributed by atoms with Crippen LogP contribution in [-0.2, 0) is 33.8 Å². The zero-order chi connectivity index (χ0) is 26.3. The van der Waals surface area contributed by atoms with Gasteiger partial charge >= 0.3 is 10.4 Å². The van der Waals surface area contributed by atoms with Crippen molar-refractivity contribution in [3.63, 3.8) is 0 Å². The van der Waals surface area contributed by atoms with Crippen molar-refractivity contribution in [3.05, 3.63) is 47.7 Å². The standard InChI is InChI=1S/C17H17ClN6O9S3/c18-15-22-16(24-17(23-15)21-11-3-6-14(13(19)9-11)34-33-32-25)20-10-1-4-12(5-2-10)35(26,27)8-7-31-36(28,29)30/h1-6,9,25H,7-8,19H2,(H,28,29,30)(H2,20,21,22,23,24). The molecular formula is C17H17ClN6O9S3. The van der Waals surface area contributed by atoms with E-state index in [2.05, 4.69) is 39.1 Å². The number of aromatic nitrogens is 3. The molecule has 0 unspecified atom stereocenters. The molecule has 1 aromatic heterocycles. The number of nitrogens with one attached hydrogen (secondary N) is 2. The minimum atomic E-state index is -4.74. The highest BCUT2D eigenvalue weighted by Gasteiger charge is 2.17. The molecule has 0 atom stereocenters. The summed E-state index contributed by atoms with van der Waals surface area (Å²) in [5, 5.41) is 17.4. The smallest absolute Gasteiger partial charge is 0.397 e. The number of nitrogen functional groups attached to an aromatic ring is 1. The number of hydrogen-bond donors (Lipinski definition) is 5. The Balaban J connectivity index is 1.69. The van der Waals surface area contributed by atoms with E-state index in [1.165, 1.54) is 24.3 Å². The Bertz CT molecular complexity index is 1430. The van der Waals surface area contributed by atoms with Crippen molar-refractivity contribution in [1.29, 1.82) is 0 Å². The third kappa shape index (κ3) is 8.40. The third-order valence-corrected chi connectivity index (χ3v) is 7.09. The van der Waals surface area contributed by atoms with E-state index in [0.29, 0.717) is 34.0 Å². The fourth-order valence-electron chi connectivity index (χ4n) is 2.59. The molecule has 1 heterocycles. The number of halogens is 1. The van der Waals surface area contributed by atoms with Gasteiger partial charge in [0.1, 0.15) is 0 Å². The first kappa shape index (κ1) is 27.8. The van der Waals surface area contributed by atoms with Crippen LogP contribution in [-0.4, -0.2) is 54.0 Å². The quantitative estimate of drug-likeness (QED) is 0.0681. The van der Waals surface area contributed by atoms with Gasteiger partial charge in [0, 0.05) is 17.1 Å². The van der Waals surface area contributed by atoms with Crippen molar-refractivity contribution in [2.75, 3.05) is 28.7 Å². The van der Waals surface area contributed by atoms with Gasteiger partial charge < -0.3 is 16.4 Å². The molecule has 6 N–H and O–H groups in total. The fraction of sp³-hybridized carbons (Fsp3) is 0.118. The van der Waals surface area contributed by atoms with Crippen molar-refractivity contribution in [2.24, 2.45) is 0 Å². The van der Waals surface area contributed by atoms with Gasteiger partial charge in [0.15, 0.2) is 9.84 Å². The van der Waals surface area contributed by atoms with Crippen LogP contribution in [0.5, 0.6) is 0 Å². The normalized spacial score (nSPS) is 11.9. The van der Waals surface area contributed by atoms with Gasteiger partial charge in [-0.2, -0.15) is 23.4 Å². The first-order valence-corrected chi connectivity index (χ1v) is 13.5. The number of rotatable bonds is 12. The average molecular weight is 581 g/mol. The SMILES string of the molecule is Nc1cc(Nc2nc(Cl)nc(Nc3ccc(S(=O)(=O)CCOS(=O)(=O)O)cc3)n2)ccc1SOOO. The van der Waals surface area contributed by atoms with E-state index in [1.54, 1.807) is 18.2 Å². The van der Waals surface area contributed by atoms with E-state index < -0.39 is 32.6 Å². The van der Waals surface area contributed by atoms with E-state index in [0.717, 1.165) is 0 Å². The molecule has 0 aliphatic heterocycles. The van der Waals surface area contributed by atoms with Crippen LogP contribution in [0.15, 0.2) is 52.3 Å². The minimum Gasteiger partial charge on any atom is -0.398 e. The Morgan fingerprint density at radius 2 is 1.58 bits per heavy atom. The monoisotopic (exact) mass is 580 g/mol. The van der Waals surface area contributed by atoms with Crippen LogP contribution < -0.4 is 16.4 Å². The molecule has 0 aliphatic carbocycles. The highest BCUT2D eigenvalue weighted by molar-refractivity contribution is 7.94. The predicted molar refractivity (Wildman–Crippen MR) is 129 cm³/mol. The number of nitrogens with zero attached hydrogens (tertiary/aromatic N) is 3. The molecule has 0 aliphatic rings. The first-order chi connectivity index (χ1) is 16.9.